The summed E-state index contributed by atoms with van der Waals surface area (Å²) in [5, 5.41) is 25.0. The van der Waals surface area contributed by atoms with Gasteiger partial charge in [-0.1, -0.05) is 34.1 Å². The predicted octanol–water partition coefficient (Wildman–Crippen LogP) is 5.89. The molecule has 0 aromatic carbocycles. The zero-order valence-corrected chi connectivity index (χ0v) is 30.1. The van der Waals surface area contributed by atoms with Crippen molar-refractivity contribution in [2.75, 3.05) is 13.7 Å². The maximum absolute atomic E-state index is 13.6. The minimum atomic E-state index is -1.31. The van der Waals surface area contributed by atoms with Gasteiger partial charge < -0.3 is 23.8 Å². The summed E-state index contributed by atoms with van der Waals surface area (Å²) >= 11 is 1.57. The van der Waals surface area contributed by atoms with Crippen molar-refractivity contribution in [3.8, 4) is 0 Å². The molecule has 0 saturated carbocycles. The van der Waals surface area contributed by atoms with E-state index in [0.717, 1.165) is 16.3 Å². The Morgan fingerprint density at radius 3 is 2.32 bits per heavy atom. The van der Waals surface area contributed by atoms with Gasteiger partial charge in [0.05, 0.1) is 59.9 Å². The number of rotatable bonds is 21. The number of aliphatic hydroxyl groups excluding tert-OH is 1. The summed E-state index contributed by atoms with van der Waals surface area (Å²) in [4.78, 5) is 27.7. The Hall–Kier alpha value is 0.0500. The van der Waals surface area contributed by atoms with E-state index in [2.05, 4.69) is 38.3 Å². The predicted molar refractivity (Wildman–Crippen MR) is 174 cm³/mol. The quantitative estimate of drug-likeness (QED) is 0.0724. The number of carbonyl (C=O) groups excluding carboxylic acids is 1. The molecule has 0 radical (unpaired) electrons. The summed E-state index contributed by atoms with van der Waals surface area (Å²) in [5.74, 6) is -0.341. The molecule has 9 nitrogen and oxygen atoms in total. The van der Waals surface area contributed by atoms with Gasteiger partial charge in [-0.05, 0) is 51.2 Å². The number of ketones is 1. The maximum atomic E-state index is 13.6. The van der Waals surface area contributed by atoms with Gasteiger partial charge in [-0.2, -0.15) is 0 Å². The van der Waals surface area contributed by atoms with Crippen LogP contribution in [0, 0.1) is 24.2 Å². The van der Waals surface area contributed by atoms with Crippen LogP contribution in [0.2, 0.25) is 0 Å². The second-order valence-corrected chi connectivity index (χ2v) is 13.5. The van der Waals surface area contributed by atoms with Crippen molar-refractivity contribution in [2.45, 2.75) is 111 Å². The lowest BCUT2D eigenvalue weighted by Crippen LogP contribution is -2.45. The van der Waals surface area contributed by atoms with Crippen LogP contribution in [0.15, 0.2) is 11.0 Å². The second kappa shape index (κ2) is 18.8. The van der Waals surface area contributed by atoms with Crippen molar-refractivity contribution in [3.05, 3.63) is 21.7 Å². The Kier molecular flexibility index (Phi) is 17.9. The summed E-state index contributed by atoms with van der Waals surface area (Å²) in [6.07, 6.45) is 2.29. The van der Waals surface area contributed by atoms with Gasteiger partial charge in [-0.25, -0.2) is 14.8 Å². The molecular weight excluding hydrogens is 603 g/mol. The molecule has 0 saturated heterocycles. The number of aryl methyl sites for hydroxylation is 1. The van der Waals surface area contributed by atoms with Crippen LogP contribution >= 0.6 is 39.7 Å². The lowest BCUT2D eigenvalue weighted by atomic mass is 9.73. The molecule has 2 N–H and O–H groups in total. The Morgan fingerprint density at radius 2 is 1.80 bits per heavy atom. The van der Waals surface area contributed by atoms with Gasteiger partial charge in [0.25, 0.3) is 0 Å². The highest BCUT2D eigenvalue weighted by Crippen LogP contribution is 2.36. The molecule has 0 aliphatic heterocycles. The van der Waals surface area contributed by atoms with Crippen molar-refractivity contribution in [1.29, 1.82) is 0 Å². The van der Waals surface area contributed by atoms with E-state index in [1.807, 2.05) is 53.0 Å². The average molecular weight is 656 g/mol. The zero-order valence-electron chi connectivity index (χ0n) is 25.8. The third kappa shape index (κ3) is 12.2. The summed E-state index contributed by atoms with van der Waals surface area (Å²) < 4.78 is 16.9. The van der Waals surface area contributed by atoms with Gasteiger partial charge in [0.2, 0.25) is 0 Å². The number of carbonyl (C=O) groups is 1. The normalized spacial score (nSPS) is 18.8. The highest BCUT2D eigenvalue weighted by Gasteiger charge is 2.43. The Labute approximate surface area is 257 Å². The van der Waals surface area contributed by atoms with Crippen LogP contribution in [0.3, 0.4) is 0 Å². The molecule has 0 amide bonds. The monoisotopic (exact) mass is 655 g/mol. The summed E-state index contributed by atoms with van der Waals surface area (Å²) in [6, 6.07) is 0. The minimum Gasteiger partial charge on any atom is -0.390 e. The van der Waals surface area contributed by atoms with Gasteiger partial charge in [0.1, 0.15) is 5.78 Å². The van der Waals surface area contributed by atoms with Crippen molar-refractivity contribution in [2.24, 2.45) is 17.3 Å². The summed E-state index contributed by atoms with van der Waals surface area (Å²) in [5.41, 5.74) is -0.330. The molecule has 10 unspecified atom stereocenters. The molecule has 0 aliphatic rings. The van der Waals surface area contributed by atoms with Crippen LogP contribution in [-0.2, 0) is 28.1 Å². The molecule has 1 aromatic rings. The average Bonchev–Trinajstić information content (AvgIpc) is 3.33. The van der Waals surface area contributed by atoms with E-state index in [0.29, 0.717) is 32.3 Å². The number of hydrogen-bond donors (Lipinski definition) is 2. The number of nitrogens with zero attached hydrogens (tertiary/aromatic N) is 1. The standard InChI is InChI=1S/C28H52NO8P3S/c1-17(25(37-40)19(3)26(31)27(5,6)24(36-39)11-13-34-33-8)10-9-12-28(7,32)23(30)15-22(35-38)18(2)14-21-16-41-20(4)29-21/h14,16-17,19,22-25,30,32H,9-13,15,38-40H2,1-8H3/b18-14+. The van der Waals surface area contributed by atoms with Crippen molar-refractivity contribution in [1.82, 2.24) is 4.98 Å². The van der Waals surface area contributed by atoms with Gasteiger partial charge in [-0.3, -0.25) is 4.79 Å². The summed E-state index contributed by atoms with van der Waals surface area (Å²) in [7, 11) is 8.25. The fourth-order valence-electron chi connectivity index (χ4n) is 5.17. The van der Waals surface area contributed by atoms with Crippen LogP contribution < -0.4 is 0 Å². The number of thiazole rings is 1. The smallest absolute Gasteiger partial charge is 0.146 e. The van der Waals surface area contributed by atoms with E-state index in [1.165, 1.54) is 7.11 Å². The number of hydrogen-bond acceptors (Lipinski definition) is 10. The Bertz CT molecular complexity index is 945. The van der Waals surface area contributed by atoms with Crippen LogP contribution in [0.25, 0.3) is 6.08 Å². The van der Waals surface area contributed by atoms with E-state index in [9.17, 15) is 15.0 Å². The first-order valence-electron chi connectivity index (χ1n) is 13.9. The van der Waals surface area contributed by atoms with E-state index in [1.54, 1.807) is 18.3 Å². The van der Waals surface area contributed by atoms with E-state index in [-0.39, 0.29) is 36.4 Å². The van der Waals surface area contributed by atoms with E-state index >= 15 is 0 Å². The first kappa shape index (κ1) is 39.1. The van der Waals surface area contributed by atoms with Crippen molar-refractivity contribution < 1.29 is 38.4 Å². The molecule has 13 heteroatoms. The van der Waals surface area contributed by atoms with Gasteiger partial charge in [-0.15, -0.1) is 11.3 Å². The topological polar surface area (TPSA) is 117 Å². The maximum Gasteiger partial charge on any atom is 0.146 e. The third-order valence-electron chi connectivity index (χ3n) is 7.99. The van der Waals surface area contributed by atoms with Crippen LogP contribution in [0.1, 0.15) is 84.3 Å². The molecule has 0 bridgehead atoms. The SMILES string of the molecule is COOCCC(OP)C(C)(C)C(=O)C(C)C(OP)C(C)CCCC(C)(O)C(O)CC(OP)/C(C)=C/c1csc(C)n1. The van der Waals surface area contributed by atoms with Crippen LogP contribution in [-0.4, -0.2) is 64.7 Å². The molecule has 1 heterocycles. The van der Waals surface area contributed by atoms with Gasteiger partial charge in [0.15, 0.2) is 0 Å². The largest absolute Gasteiger partial charge is 0.390 e. The highest BCUT2D eigenvalue weighted by atomic mass is 32.1. The lowest BCUT2D eigenvalue weighted by Gasteiger charge is -2.37. The first-order valence-corrected chi connectivity index (χ1v) is 16.2. The first-order chi connectivity index (χ1) is 19.2. The van der Waals surface area contributed by atoms with Crippen molar-refractivity contribution >= 4 is 51.6 Å². The molecule has 41 heavy (non-hydrogen) atoms. The van der Waals surface area contributed by atoms with E-state index in [4.69, 9.17) is 18.5 Å². The minimum absolute atomic E-state index is 0.0252. The number of aromatic nitrogens is 1. The molecule has 1 aromatic heterocycles. The van der Waals surface area contributed by atoms with Crippen molar-refractivity contribution in [3.63, 3.8) is 0 Å². The number of aliphatic hydroxyl groups is 2. The lowest BCUT2D eigenvalue weighted by molar-refractivity contribution is -0.275. The van der Waals surface area contributed by atoms with Gasteiger partial charge >= 0.3 is 0 Å². The Morgan fingerprint density at radius 1 is 1.15 bits per heavy atom. The highest BCUT2D eigenvalue weighted by molar-refractivity contribution is 7.10. The second-order valence-electron chi connectivity index (χ2n) is 11.7. The van der Waals surface area contributed by atoms with Crippen LogP contribution in [0.4, 0.5) is 0 Å². The van der Waals surface area contributed by atoms with Crippen LogP contribution in [0.5, 0.6) is 0 Å². The molecule has 0 aliphatic carbocycles. The van der Waals surface area contributed by atoms with Gasteiger partial charge in [0, 0.05) is 52.5 Å². The molecule has 0 fully saturated rings. The molecule has 0 spiro atoms. The molecular formula is C28H52NO8P3S. The van der Waals surface area contributed by atoms with E-state index < -0.39 is 23.0 Å². The molecule has 1 rings (SSSR count). The fraction of sp³-hybridized carbons (Fsp3) is 0.786. The Balaban J connectivity index is 2.76. The fourth-order valence-corrected chi connectivity index (χ4v) is 7.04. The molecule has 238 valence electrons. The zero-order chi connectivity index (χ0) is 31.4. The molecule has 10 atom stereocenters. The third-order valence-corrected chi connectivity index (χ3v) is 9.75. The summed E-state index contributed by atoms with van der Waals surface area (Å²) in [6.45, 7) is 13.5. The number of Topliss-reactive ketones (excluding diaryl/α,β-unsaturated/α-hetero) is 1.